The Morgan fingerprint density at radius 1 is 1.06 bits per heavy atom. The van der Waals surface area contributed by atoms with Crippen LogP contribution in [-0.4, -0.2) is 46.5 Å². The molecule has 0 bridgehead atoms. The average Bonchev–Trinajstić information content (AvgIpc) is 3.39. The zero-order valence-electron chi connectivity index (χ0n) is 17.3. The van der Waals surface area contributed by atoms with Crippen LogP contribution in [0.5, 0.6) is 0 Å². The number of hydrogen-bond donors (Lipinski definition) is 3. The molecule has 3 heterocycles. The molecule has 4 rings (SSSR count). The minimum absolute atomic E-state index is 0.305. The van der Waals surface area contributed by atoms with Crippen LogP contribution < -0.4 is 16.0 Å². The van der Waals surface area contributed by atoms with Crippen molar-refractivity contribution in [1.29, 1.82) is 0 Å². The summed E-state index contributed by atoms with van der Waals surface area (Å²) >= 11 is 3.08. The van der Waals surface area contributed by atoms with Gasteiger partial charge in [-0.15, -0.1) is 22.7 Å². The maximum Gasteiger partial charge on any atom is 0.325 e. The molecule has 160 valence electrons. The van der Waals surface area contributed by atoms with Gasteiger partial charge in [0.1, 0.15) is 12.1 Å². The Kier molecular flexibility index (Phi) is 6.70. The number of thiazole rings is 1. The first-order valence-electron chi connectivity index (χ1n) is 9.75. The Morgan fingerprint density at radius 3 is 2.71 bits per heavy atom. The number of thiophene rings is 1. The van der Waals surface area contributed by atoms with Gasteiger partial charge in [0.25, 0.3) is 0 Å². The standard InChI is InChI=1S/C21H23N7OS2/c1-28(2)12-14-3-5-15(6-4-14)26-20(29)27-21-23-11-16(31-21)7-9-22-19-18-17(8-10-30-18)24-13-25-19/h3-6,8,10-11,13H,7,9,12H2,1-2H3,(H,22,24,25)(H2,23,26,27,29). The van der Waals surface area contributed by atoms with Crippen molar-refractivity contribution in [2.24, 2.45) is 0 Å². The molecule has 4 aromatic rings. The van der Waals surface area contributed by atoms with E-state index in [0.29, 0.717) is 5.13 Å². The van der Waals surface area contributed by atoms with Crippen molar-refractivity contribution in [1.82, 2.24) is 19.9 Å². The monoisotopic (exact) mass is 453 g/mol. The number of rotatable bonds is 8. The highest BCUT2D eigenvalue weighted by atomic mass is 32.1. The number of carbonyl (C=O) groups excluding carboxylic acids is 1. The maximum absolute atomic E-state index is 12.3. The number of urea groups is 1. The lowest BCUT2D eigenvalue weighted by Crippen LogP contribution is -2.19. The molecule has 2 amide bonds. The second kappa shape index (κ2) is 9.82. The molecule has 0 aliphatic rings. The number of amides is 2. The van der Waals surface area contributed by atoms with Crippen LogP contribution in [0.3, 0.4) is 0 Å². The molecule has 3 aromatic heterocycles. The zero-order valence-corrected chi connectivity index (χ0v) is 18.9. The van der Waals surface area contributed by atoms with Crippen LogP contribution in [0.4, 0.5) is 21.4 Å². The maximum atomic E-state index is 12.3. The largest absolute Gasteiger partial charge is 0.368 e. The van der Waals surface area contributed by atoms with Crippen molar-refractivity contribution < 1.29 is 4.79 Å². The van der Waals surface area contributed by atoms with Crippen molar-refractivity contribution in [3.63, 3.8) is 0 Å². The number of aromatic nitrogens is 3. The summed E-state index contributed by atoms with van der Waals surface area (Å²) in [5.41, 5.74) is 2.88. The number of anilines is 3. The SMILES string of the molecule is CN(C)Cc1ccc(NC(=O)Nc2ncc(CCNc3ncnc4ccsc34)s2)cc1. The summed E-state index contributed by atoms with van der Waals surface area (Å²) in [5, 5.41) is 11.6. The Morgan fingerprint density at radius 2 is 1.90 bits per heavy atom. The summed E-state index contributed by atoms with van der Waals surface area (Å²) in [7, 11) is 4.05. The van der Waals surface area contributed by atoms with Gasteiger partial charge in [-0.2, -0.15) is 0 Å². The molecule has 0 spiro atoms. The highest BCUT2D eigenvalue weighted by Crippen LogP contribution is 2.25. The fourth-order valence-corrected chi connectivity index (χ4v) is 4.64. The summed E-state index contributed by atoms with van der Waals surface area (Å²) in [6, 6.07) is 9.49. The smallest absolute Gasteiger partial charge is 0.325 e. The van der Waals surface area contributed by atoms with Crippen molar-refractivity contribution in [3.05, 3.63) is 58.7 Å². The van der Waals surface area contributed by atoms with Crippen molar-refractivity contribution >= 4 is 55.6 Å². The third kappa shape index (κ3) is 5.75. The number of nitrogens with one attached hydrogen (secondary N) is 3. The van der Waals surface area contributed by atoms with Gasteiger partial charge in [0.05, 0.1) is 10.2 Å². The first-order chi connectivity index (χ1) is 15.1. The Labute approximate surface area is 188 Å². The van der Waals surface area contributed by atoms with Gasteiger partial charge < -0.3 is 15.5 Å². The topological polar surface area (TPSA) is 95.1 Å². The van der Waals surface area contributed by atoms with Crippen LogP contribution in [-0.2, 0) is 13.0 Å². The van der Waals surface area contributed by atoms with E-state index in [1.54, 1.807) is 23.9 Å². The van der Waals surface area contributed by atoms with Gasteiger partial charge in [-0.3, -0.25) is 5.32 Å². The minimum atomic E-state index is -0.305. The van der Waals surface area contributed by atoms with E-state index in [2.05, 4.69) is 35.8 Å². The Balaban J connectivity index is 1.25. The highest BCUT2D eigenvalue weighted by molar-refractivity contribution is 7.17. The van der Waals surface area contributed by atoms with E-state index >= 15 is 0 Å². The zero-order chi connectivity index (χ0) is 21.6. The van der Waals surface area contributed by atoms with Crippen LogP contribution in [0.1, 0.15) is 10.4 Å². The molecule has 0 atom stereocenters. The Bertz CT molecular complexity index is 1150. The predicted octanol–water partition coefficient (Wildman–Crippen LogP) is 4.51. The lowest BCUT2D eigenvalue weighted by Gasteiger charge is -2.10. The number of hydrogen-bond acceptors (Lipinski definition) is 8. The number of carbonyl (C=O) groups is 1. The summed E-state index contributed by atoms with van der Waals surface area (Å²) in [6.07, 6.45) is 4.14. The van der Waals surface area contributed by atoms with Gasteiger partial charge >= 0.3 is 6.03 Å². The van der Waals surface area contributed by atoms with E-state index in [1.807, 2.05) is 49.8 Å². The van der Waals surface area contributed by atoms with Crippen molar-refractivity contribution in [3.8, 4) is 0 Å². The molecule has 0 fully saturated rings. The van der Waals surface area contributed by atoms with Gasteiger partial charge in [-0.25, -0.2) is 19.7 Å². The van der Waals surface area contributed by atoms with Crippen LogP contribution in [0.15, 0.2) is 48.2 Å². The summed E-state index contributed by atoms with van der Waals surface area (Å²) in [4.78, 5) is 28.3. The van der Waals surface area contributed by atoms with E-state index in [1.165, 1.54) is 16.9 Å². The molecule has 31 heavy (non-hydrogen) atoms. The highest BCUT2D eigenvalue weighted by Gasteiger charge is 2.08. The van der Waals surface area contributed by atoms with Crippen LogP contribution in [0.2, 0.25) is 0 Å². The van der Waals surface area contributed by atoms with Crippen molar-refractivity contribution in [2.45, 2.75) is 13.0 Å². The molecule has 3 N–H and O–H groups in total. The van der Waals surface area contributed by atoms with E-state index < -0.39 is 0 Å². The Hall–Kier alpha value is -3.08. The molecule has 1 aromatic carbocycles. The second-order valence-corrected chi connectivity index (χ2v) is 9.21. The normalized spacial score (nSPS) is 11.1. The fourth-order valence-electron chi connectivity index (χ4n) is 3.02. The summed E-state index contributed by atoms with van der Waals surface area (Å²) in [5.74, 6) is 0.846. The van der Waals surface area contributed by atoms with Gasteiger partial charge in [0.15, 0.2) is 5.13 Å². The molecule has 0 saturated carbocycles. The molecule has 0 unspecified atom stereocenters. The van der Waals surface area contributed by atoms with E-state index in [-0.39, 0.29) is 6.03 Å². The van der Waals surface area contributed by atoms with Crippen LogP contribution in [0, 0.1) is 0 Å². The lowest BCUT2D eigenvalue weighted by molar-refractivity contribution is 0.262. The van der Waals surface area contributed by atoms with E-state index in [9.17, 15) is 4.79 Å². The molecule has 0 aliphatic heterocycles. The molecular formula is C21H23N7OS2. The van der Waals surface area contributed by atoms with Crippen molar-refractivity contribution in [2.75, 3.05) is 36.6 Å². The third-order valence-electron chi connectivity index (χ3n) is 4.39. The molecule has 0 saturated heterocycles. The lowest BCUT2D eigenvalue weighted by atomic mass is 10.2. The summed E-state index contributed by atoms with van der Waals surface area (Å²) in [6.45, 7) is 1.58. The van der Waals surface area contributed by atoms with E-state index in [0.717, 1.165) is 46.1 Å². The molecule has 8 nitrogen and oxygen atoms in total. The van der Waals surface area contributed by atoms with Gasteiger partial charge in [0.2, 0.25) is 0 Å². The van der Waals surface area contributed by atoms with Gasteiger partial charge in [0, 0.05) is 36.3 Å². The number of benzene rings is 1. The first-order valence-corrected chi connectivity index (χ1v) is 11.4. The predicted molar refractivity (Wildman–Crippen MR) is 128 cm³/mol. The van der Waals surface area contributed by atoms with Crippen LogP contribution >= 0.6 is 22.7 Å². The second-order valence-electron chi connectivity index (χ2n) is 7.18. The molecular weight excluding hydrogens is 430 g/mol. The molecule has 0 radical (unpaired) electrons. The minimum Gasteiger partial charge on any atom is -0.368 e. The average molecular weight is 454 g/mol. The quantitative estimate of drug-likeness (QED) is 0.363. The molecule has 0 aliphatic carbocycles. The number of nitrogens with zero attached hydrogens (tertiary/aromatic N) is 4. The number of fused-ring (bicyclic) bond motifs is 1. The first kappa shape index (κ1) is 21.2. The fraction of sp³-hybridized carbons (Fsp3) is 0.238. The third-order valence-corrected chi connectivity index (χ3v) is 6.27. The van der Waals surface area contributed by atoms with Crippen LogP contribution in [0.25, 0.3) is 10.2 Å². The van der Waals surface area contributed by atoms with Gasteiger partial charge in [-0.1, -0.05) is 12.1 Å². The summed E-state index contributed by atoms with van der Waals surface area (Å²) < 4.78 is 1.06. The molecule has 10 heteroatoms. The van der Waals surface area contributed by atoms with Gasteiger partial charge in [-0.05, 0) is 43.2 Å². The van der Waals surface area contributed by atoms with E-state index in [4.69, 9.17) is 0 Å².